The summed E-state index contributed by atoms with van der Waals surface area (Å²) in [6.07, 6.45) is 0. The minimum Gasteiger partial charge on any atom is -0.508 e. The molecule has 2 aromatic rings. The third kappa shape index (κ3) is 3.39. The molecule has 0 heterocycles. The Labute approximate surface area is 115 Å². The van der Waals surface area contributed by atoms with Gasteiger partial charge in [0.15, 0.2) is 0 Å². The number of nitrogens with one attached hydrogen (secondary N) is 1. The fourth-order valence-corrected chi connectivity index (χ4v) is 1.73. The number of amides is 1. The van der Waals surface area contributed by atoms with Gasteiger partial charge >= 0.3 is 0 Å². The second-order valence-corrected chi connectivity index (χ2v) is 4.42. The van der Waals surface area contributed by atoms with Crippen molar-refractivity contribution in [2.75, 3.05) is 0 Å². The van der Waals surface area contributed by atoms with E-state index in [0.717, 1.165) is 5.56 Å². The van der Waals surface area contributed by atoms with Crippen molar-refractivity contribution in [3.8, 4) is 11.5 Å². The fourth-order valence-electron chi connectivity index (χ4n) is 1.55. The third-order valence-electron chi connectivity index (χ3n) is 2.60. The minimum absolute atomic E-state index is 0.0586. The number of rotatable bonds is 3. The molecular formula is C14H12ClNO3. The molecule has 0 aliphatic heterocycles. The molecule has 4 nitrogen and oxygen atoms in total. The van der Waals surface area contributed by atoms with Crippen LogP contribution in [0.2, 0.25) is 5.02 Å². The zero-order chi connectivity index (χ0) is 13.8. The lowest BCUT2D eigenvalue weighted by atomic mass is 10.2. The molecule has 0 bridgehead atoms. The monoisotopic (exact) mass is 277 g/mol. The maximum absolute atomic E-state index is 11.8. The summed E-state index contributed by atoms with van der Waals surface area (Å²) in [5.74, 6) is -0.160. The van der Waals surface area contributed by atoms with Crippen molar-refractivity contribution in [2.24, 2.45) is 0 Å². The topological polar surface area (TPSA) is 69.6 Å². The first-order valence-corrected chi connectivity index (χ1v) is 5.98. The Balaban J connectivity index is 2.01. The number of carbonyl (C=O) groups is 1. The van der Waals surface area contributed by atoms with Gasteiger partial charge in [0.1, 0.15) is 11.5 Å². The minimum atomic E-state index is -0.282. The first kappa shape index (κ1) is 13.2. The number of phenols is 2. The van der Waals surface area contributed by atoms with Gasteiger partial charge < -0.3 is 15.5 Å². The van der Waals surface area contributed by atoms with Gasteiger partial charge in [0.2, 0.25) is 0 Å². The lowest BCUT2D eigenvalue weighted by Crippen LogP contribution is -2.22. The Morgan fingerprint density at radius 1 is 1.11 bits per heavy atom. The zero-order valence-electron chi connectivity index (χ0n) is 9.93. The van der Waals surface area contributed by atoms with Crippen LogP contribution in [0.15, 0.2) is 42.5 Å². The summed E-state index contributed by atoms with van der Waals surface area (Å²) in [4.78, 5) is 11.8. The number of carbonyl (C=O) groups excluding carboxylic acids is 1. The van der Waals surface area contributed by atoms with Crippen molar-refractivity contribution < 1.29 is 15.0 Å². The van der Waals surface area contributed by atoms with Gasteiger partial charge in [-0.05, 0) is 35.9 Å². The molecule has 0 unspecified atom stereocenters. The van der Waals surface area contributed by atoms with E-state index >= 15 is 0 Å². The summed E-state index contributed by atoms with van der Waals surface area (Å²) in [6, 6.07) is 10.8. The molecule has 3 N–H and O–H groups in total. The summed E-state index contributed by atoms with van der Waals surface area (Å²) in [6.45, 7) is 0.345. The molecule has 5 heteroatoms. The molecule has 0 aromatic heterocycles. The van der Waals surface area contributed by atoms with Crippen molar-refractivity contribution in [3.63, 3.8) is 0 Å². The Kier molecular flexibility index (Phi) is 3.92. The number of halogens is 1. The molecule has 0 saturated carbocycles. The highest BCUT2D eigenvalue weighted by Crippen LogP contribution is 2.23. The molecule has 98 valence electrons. The largest absolute Gasteiger partial charge is 0.508 e. The van der Waals surface area contributed by atoms with Gasteiger partial charge in [-0.1, -0.05) is 23.7 Å². The maximum atomic E-state index is 11.8. The van der Waals surface area contributed by atoms with Gasteiger partial charge in [-0.3, -0.25) is 4.79 Å². The lowest BCUT2D eigenvalue weighted by molar-refractivity contribution is 0.0951. The summed E-state index contributed by atoms with van der Waals surface area (Å²) in [5.41, 5.74) is 1.25. The van der Waals surface area contributed by atoms with Crippen molar-refractivity contribution >= 4 is 17.5 Å². The van der Waals surface area contributed by atoms with Crippen LogP contribution in [0.25, 0.3) is 0 Å². The van der Waals surface area contributed by atoms with Crippen molar-refractivity contribution in [2.45, 2.75) is 6.54 Å². The van der Waals surface area contributed by atoms with E-state index in [1.54, 1.807) is 24.3 Å². The molecule has 2 rings (SSSR count). The van der Waals surface area contributed by atoms with Gasteiger partial charge in [-0.2, -0.15) is 0 Å². The van der Waals surface area contributed by atoms with Gasteiger partial charge in [0.25, 0.3) is 5.91 Å². The van der Waals surface area contributed by atoms with Crippen LogP contribution in [-0.4, -0.2) is 16.1 Å². The quantitative estimate of drug-likeness (QED) is 0.808. The number of phenolic OH excluding ortho intramolecular Hbond substituents is 2. The van der Waals surface area contributed by atoms with E-state index in [1.807, 2.05) is 0 Å². The van der Waals surface area contributed by atoms with Crippen LogP contribution in [0.5, 0.6) is 11.5 Å². The van der Waals surface area contributed by atoms with Crippen LogP contribution in [0.4, 0.5) is 0 Å². The predicted octanol–water partition coefficient (Wildman–Crippen LogP) is 2.68. The SMILES string of the molecule is O=C(NCc1ccc(O)cc1)c1ccc(O)c(Cl)c1. The average Bonchev–Trinajstić information content (AvgIpc) is 2.41. The average molecular weight is 278 g/mol. The van der Waals surface area contributed by atoms with Gasteiger partial charge in [0.05, 0.1) is 5.02 Å². The molecule has 0 aliphatic rings. The first-order chi connectivity index (χ1) is 9.06. The van der Waals surface area contributed by atoms with E-state index < -0.39 is 0 Å². The van der Waals surface area contributed by atoms with E-state index in [2.05, 4.69) is 5.32 Å². The van der Waals surface area contributed by atoms with E-state index in [9.17, 15) is 9.90 Å². The van der Waals surface area contributed by atoms with Crippen LogP contribution in [0.3, 0.4) is 0 Å². The van der Waals surface area contributed by atoms with Crippen LogP contribution in [-0.2, 0) is 6.54 Å². The summed E-state index contributed by atoms with van der Waals surface area (Å²) in [5, 5.41) is 21.3. The number of benzene rings is 2. The van der Waals surface area contributed by atoms with Crippen molar-refractivity contribution in [1.29, 1.82) is 0 Å². The van der Waals surface area contributed by atoms with E-state index in [1.165, 1.54) is 18.2 Å². The second kappa shape index (κ2) is 5.63. The molecule has 1 amide bonds. The normalized spacial score (nSPS) is 10.2. The highest BCUT2D eigenvalue weighted by molar-refractivity contribution is 6.32. The molecule has 19 heavy (non-hydrogen) atoms. The first-order valence-electron chi connectivity index (χ1n) is 5.61. The highest BCUT2D eigenvalue weighted by atomic mass is 35.5. The van der Waals surface area contributed by atoms with E-state index in [4.69, 9.17) is 16.7 Å². The second-order valence-electron chi connectivity index (χ2n) is 4.02. The smallest absolute Gasteiger partial charge is 0.251 e. The zero-order valence-corrected chi connectivity index (χ0v) is 10.7. The molecule has 0 aliphatic carbocycles. The number of hydrogen-bond donors (Lipinski definition) is 3. The van der Waals surface area contributed by atoms with E-state index in [0.29, 0.717) is 12.1 Å². The van der Waals surface area contributed by atoms with Crippen LogP contribution in [0, 0.1) is 0 Å². The van der Waals surface area contributed by atoms with Gasteiger partial charge in [-0.15, -0.1) is 0 Å². The van der Waals surface area contributed by atoms with Gasteiger partial charge in [0, 0.05) is 12.1 Å². The van der Waals surface area contributed by atoms with Crippen LogP contribution in [0.1, 0.15) is 15.9 Å². The summed E-state index contributed by atoms with van der Waals surface area (Å²) >= 11 is 5.73. The molecule has 0 saturated heterocycles. The Bertz CT molecular complexity index is 596. The third-order valence-corrected chi connectivity index (χ3v) is 2.90. The van der Waals surface area contributed by atoms with Gasteiger partial charge in [-0.25, -0.2) is 0 Å². The Hall–Kier alpha value is -2.20. The van der Waals surface area contributed by atoms with Crippen LogP contribution >= 0.6 is 11.6 Å². The lowest BCUT2D eigenvalue weighted by Gasteiger charge is -2.06. The molecule has 2 aromatic carbocycles. The predicted molar refractivity (Wildman–Crippen MR) is 72.4 cm³/mol. The molecule has 0 radical (unpaired) electrons. The number of hydrogen-bond acceptors (Lipinski definition) is 3. The molecule has 0 atom stereocenters. The molecule has 0 fully saturated rings. The molecular weight excluding hydrogens is 266 g/mol. The van der Waals surface area contributed by atoms with Crippen LogP contribution < -0.4 is 5.32 Å². The molecule has 0 spiro atoms. The van der Waals surface area contributed by atoms with Crippen molar-refractivity contribution in [1.82, 2.24) is 5.32 Å². The standard InChI is InChI=1S/C14H12ClNO3/c15-12-7-10(3-6-13(12)18)14(19)16-8-9-1-4-11(17)5-2-9/h1-7,17-18H,8H2,(H,16,19). The highest BCUT2D eigenvalue weighted by Gasteiger charge is 2.08. The maximum Gasteiger partial charge on any atom is 0.251 e. The summed E-state index contributed by atoms with van der Waals surface area (Å²) < 4.78 is 0. The fraction of sp³-hybridized carbons (Fsp3) is 0.0714. The van der Waals surface area contributed by atoms with E-state index in [-0.39, 0.29) is 22.4 Å². The number of aromatic hydroxyl groups is 2. The summed E-state index contributed by atoms with van der Waals surface area (Å²) in [7, 11) is 0. The Morgan fingerprint density at radius 3 is 2.42 bits per heavy atom. The Morgan fingerprint density at radius 2 is 1.79 bits per heavy atom. The van der Waals surface area contributed by atoms with Crippen molar-refractivity contribution in [3.05, 3.63) is 58.6 Å².